The number of rotatable bonds is 4. The van der Waals surface area contributed by atoms with Crippen LogP contribution in [0.4, 0.5) is 0 Å². The Morgan fingerprint density at radius 3 is 2.62 bits per heavy atom. The van der Waals surface area contributed by atoms with Gasteiger partial charge < -0.3 is 14.6 Å². The summed E-state index contributed by atoms with van der Waals surface area (Å²) < 4.78 is 13.6. The van der Waals surface area contributed by atoms with E-state index in [2.05, 4.69) is 25.0 Å². The molecule has 1 unspecified atom stereocenters. The molecule has 1 atom stereocenters. The molecule has 2 aromatic heterocycles. The largest absolute Gasteiger partial charge is 0.387 e. The van der Waals surface area contributed by atoms with Crippen molar-refractivity contribution in [1.29, 1.82) is 0 Å². The summed E-state index contributed by atoms with van der Waals surface area (Å²) in [6.45, 7) is 7.09. The quantitative estimate of drug-likeness (QED) is 0.940. The third kappa shape index (κ3) is 2.25. The zero-order chi connectivity index (χ0) is 15.0. The van der Waals surface area contributed by atoms with Crippen LogP contribution in [-0.2, 0) is 21.7 Å². The van der Waals surface area contributed by atoms with Crippen molar-refractivity contribution in [3.05, 3.63) is 35.2 Å². The maximum absolute atomic E-state index is 9.96. The van der Waals surface area contributed by atoms with E-state index >= 15 is 0 Å². The number of fused-ring (bicyclic) bond motifs is 1. The molecule has 5 heteroatoms. The first-order chi connectivity index (χ1) is 10.1. The van der Waals surface area contributed by atoms with E-state index in [-0.39, 0.29) is 0 Å². The predicted molar refractivity (Wildman–Crippen MR) is 79.1 cm³/mol. The van der Waals surface area contributed by atoms with Crippen LogP contribution >= 0.6 is 0 Å². The fraction of sp³-hybridized carbons (Fsp3) is 0.562. The molecule has 1 aliphatic rings. The smallest absolute Gasteiger partial charge is 0.196 e. The van der Waals surface area contributed by atoms with E-state index in [9.17, 15) is 5.11 Å². The summed E-state index contributed by atoms with van der Waals surface area (Å²) in [5.74, 6) is -0.691. The Morgan fingerprint density at radius 1 is 1.33 bits per heavy atom. The average molecular weight is 290 g/mol. The molecular formula is C16H22N2O3. The van der Waals surface area contributed by atoms with Crippen LogP contribution < -0.4 is 0 Å². The molecule has 1 aliphatic heterocycles. The first-order valence-electron chi connectivity index (χ1n) is 7.59. The van der Waals surface area contributed by atoms with Crippen LogP contribution in [-0.4, -0.2) is 27.9 Å². The number of aliphatic hydroxyl groups excluding tert-OH is 1. The van der Waals surface area contributed by atoms with Gasteiger partial charge >= 0.3 is 0 Å². The van der Waals surface area contributed by atoms with Gasteiger partial charge in [-0.3, -0.25) is 0 Å². The Bertz CT molecular complexity index is 642. The third-order valence-electron chi connectivity index (χ3n) is 4.12. The Labute approximate surface area is 124 Å². The molecule has 0 aliphatic carbocycles. The van der Waals surface area contributed by atoms with E-state index < -0.39 is 11.9 Å². The molecule has 0 amide bonds. The summed E-state index contributed by atoms with van der Waals surface area (Å²) in [6, 6.07) is 5.96. The van der Waals surface area contributed by atoms with Gasteiger partial charge in [-0.2, -0.15) is 5.10 Å². The topological polar surface area (TPSA) is 56.0 Å². The lowest BCUT2D eigenvalue weighted by Gasteiger charge is -2.27. The van der Waals surface area contributed by atoms with Crippen LogP contribution in [0.2, 0.25) is 0 Å². The minimum Gasteiger partial charge on any atom is -0.387 e. The SMILES string of the molecule is CCc1cc2c(C3(CC)OCCO3)ccc(C(C)O)n2n1. The molecule has 3 heterocycles. The van der Waals surface area contributed by atoms with Gasteiger partial charge in [-0.1, -0.05) is 13.8 Å². The molecular weight excluding hydrogens is 268 g/mol. The number of hydrogen-bond acceptors (Lipinski definition) is 4. The first kappa shape index (κ1) is 14.5. The third-order valence-corrected chi connectivity index (χ3v) is 4.12. The first-order valence-corrected chi connectivity index (χ1v) is 7.59. The summed E-state index contributed by atoms with van der Waals surface area (Å²) in [7, 11) is 0. The van der Waals surface area contributed by atoms with Gasteiger partial charge in [0.1, 0.15) is 0 Å². The Kier molecular flexibility index (Phi) is 3.73. The lowest BCUT2D eigenvalue weighted by Crippen LogP contribution is -2.27. The second-order valence-electron chi connectivity index (χ2n) is 5.44. The summed E-state index contributed by atoms with van der Waals surface area (Å²) >= 11 is 0. The number of hydrogen-bond donors (Lipinski definition) is 1. The van der Waals surface area contributed by atoms with Crippen molar-refractivity contribution < 1.29 is 14.6 Å². The highest BCUT2D eigenvalue weighted by Gasteiger charge is 2.39. The Morgan fingerprint density at radius 2 is 2.05 bits per heavy atom. The maximum atomic E-state index is 9.96. The monoisotopic (exact) mass is 290 g/mol. The summed E-state index contributed by atoms with van der Waals surface area (Å²) in [4.78, 5) is 0. The molecule has 0 aromatic carbocycles. The molecule has 5 nitrogen and oxygen atoms in total. The maximum Gasteiger partial charge on any atom is 0.196 e. The number of aliphatic hydroxyl groups is 1. The van der Waals surface area contributed by atoms with Crippen LogP contribution in [0, 0.1) is 0 Å². The highest BCUT2D eigenvalue weighted by molar-refractivity contribution is 5.58. The molecule has 0 saturated carbocycles. The number of pyridine rings is 1. The average Bonchev–Trinajstić information content (AvgIpc) is 3.13. The van der Waals surface area contributed by atoms with Gasteiger partial charge in [0.15, 0.2) is 5.79 Å². The molecule has 3 rings (SSSR count). The van der Waals surface area contributed by atoms with Crippen molar-refractivity contribution in [1.82, 2.24) is 9.61 Å². The summed E-state index contributed by atoms with van der Waals surface area (Å²) in [5, 5.41) is 14.6. The molecule has 21 heavy (non-hydrogen) atoms. The molecule has 0 spiro atoms. The zero-order valence-corrected chi connectivity index (χ0v) is 12.8. The van der Waals surface area contributed by atoms with E-state index in [4.69, 9.17) is 9.47 Å². The number of aromatic nitrogens is 2. The van der Waals surface area contributed by atoms with E-state index in [0.29, 0.717) is 13.2 Å². The van der Waals surface area contributed by atoms with Crippen molar-refractivity contribution in [2.75, 3.05) is 13.2 Å². The van der Waals surface area contributed by atoms with E-state index in [1.807, 2.05) is 16.6 Å². The van der Waals surface area contributed by atoms with Gasteiger partial charge in [-0.15, -0.1) is 0 Å². The Balaban J connectivity index is 2.24. The number of ether oxygens (including phenoxy) is 2. The summed E-state index contributed by atoms with van der Waals surface area (Å²) in [6.07, 6.45) is 1.01. The molecule has 2 aromatic rings. The second-order valence-corrected chi connectivity index (χ2v) is 5.44. The molecule has 0 bridgehead atoms. The van der Waals surface area contributed by atoms with Gasteiger partial charge in [0.2, 0.25) is 0 Å². The summed E-state index contributed by atoms with van der Waals surface area (Å²) in [5.41, 5.74) is 3.71. The molecule has 1 saturated heterocycles. The van der Waals surface area contributed by atoms with Crippen LogP contribution in [0.15, 0.2) is 18.2 Å². The van der Waals surface area contributed by atoms with Gasteiger partial charge in [0.25, 0.3) is 0 Å². The van der Waals surface area contributed by atoms with Crippen molar-refractivity contribution in [3.8, 4) is 0 Å². The van der Waals surface area contributed by atoms with Crippen molar-refractivity contribution in [2.24, 2.45) is 0 Å². The standard InChI is InChI=1S/C16H22N2O3/c1-4-12-10-15-13(16(5-2)20-8-9-21-16)6-7-14(11(3)19)18(15)17-12/h6-7,10-11,19H,4-5,8-9H2,1-3H3. The fourth-order valence-corrected chi connectivity index (χ4v) is 2.96. The molecule has 0 radical (unpaired) electrons. The molecule has 114 valence electrons. The van der Waals surface area contributed by atoms with Crippen LogP contribution in [0.5, 0.6) is 0 Å². The lowest BCUT2D eigenvalue weighted by atomic mass is 10.0. The van der Waals surface area contributed by atoms with E-state index in [1.165, 1.54) is 0 Å². The minimum absolute atomic E-state index is 0.575. The number of aryl methyl sites for hydroxylation is 1. The highest BCUT2D eigenvalue weighted by Crippen LogP contribution is 2.38. The molecule has 1 fully saturated rings. The lowest BCUT2D eigenvalue weighted by molar-refractivity contribution is -0.166. The minimum atomic E-state index is -0.691. The normalized spacial score (nSPS) is 19.2. The van der Waals surface area contributed by atoms with Crippen molar-refractivity contribution in [2.45, 2.75) is 45.5 Å². The van der Waals surface area contributed by atoms with Gasteiger partial charge in [0.05, 0.1) is 36.2 Å². The van der Waals surface area contributed by atoms with Crippen LogP contribution in [0.1, 0.15) is 50.2 Å². The zero-order valence-electron chi connectivity index (χ0n) is 12.8. The van der Waals surface area contributed by atoms with Gasteiger partial charge in [-0.05, 0) is 31.5 Å². The predicted octanol–water partition coefficient (Wildman–Crippen LogP) is 2.56. The van der Waals surface area contributed by atoms with Crippen LogP contribution in [0.25, 0.3) is 5.52 Å². The van der Waals surface area contributed by atoms with Gasteiger partial charge in [-0.25, -0.2) is 4.52 Å². The molecule has 1 N–H and O–H groups in total. The Hall–Kier alpha value is -1.43. The van der Waals surface area contributed by atoms with E-state index in [0.717, 1.165) is 35.3 Å². The van der Waals surface area contributed by atoms with Crippen molar-refractivity contribution >= 4 is 5.52 Å². The fourth-order valence-electron chi connectivity index (χ4n) is 2.96. The van der Waals surface area contributed by atoms with E-state index in [1.54, 1.807) is 6.92 Å². The second kappa shape index (κ2) is 5.40. The van der Waals surface area contributed by atoms with Crippen LogP contribution in [0.3, 0.4) is 0 Å². The van der Waals surface area contributed by atoms with Crippen molar-refractivity contribution in [3.63, 3.8) is 0 Å². The van der Waals surface area contributed by atoms with Gasteiger partial charge in [0, 0.05) is 12.0 Å². The highest BCUT2D eigenvalue weighted by atomic mass is 16.7. The number of nitrogens with zero attached hydrogens (tertiary/aromatic N) is 2.